The number of benzene rings is 2. The van der Waals surface area contributed by atoms with E-state index in [0.717, 1.165) is 17.7 Å². The maximum atomic E-state index is 12.9. The largest absolute Gasteiger partial charge is 0.496 e. The number of imide groups is 1. The first kappa shape index (κ1) is 21.1. The summed E-state index contributed by atoms with van der Waals surface area (Å²) < 4.78 is 32.6. The molecule has 8 nitrogen and oxygen atoms in total. The van der Waals surface area contributed by atoms with Crippen molar-refractivity contribution in [1.82, 2.24) is 9.21 Å². The molecule has 2 amide bonds. The fourth-order valence-corrected chi connectivity index (χ4v) is 5.38. The van der Waals surface area contributed by atoms with Crippen molar-refractivity contribution in [3.8, 4) is 5.75 Å². The number of carbonyl (C=O) groups is 2. The molecule has 9 heteroatoms. The molecule has 2 aromatic carbocycles. The Hall–Kier alpha value is -3.17. The van der Waals surface area contributed by atoms with Crippen molar-refractivity contribution in [3.05, 3.63) is 59.8 Å². The molecule has 162 valence electrons. The third-order valence-corrected chi connectivity index (χ3v) is 7.36. The lowest BCUT2D eigenvalue weighted by atomic mass is 10.0. The average Bonchev–Trinajstić information content (AvgIpc) is 3.39. The van der Waals surface area contributed by atoms with Crippen LogP contribution in [0.4, 0.5) is 5.69 Å². The number of rotatable bonds is 6. The topological polar surface area (TPSA) is 96.0 Å². The van der Waals surface area contributed by atoms with Crippen molar-refractivity contribution < 1.29 is 22.7 Å². The zero-order valence-corrected chi connectivity index (χ0v) is 18.1. The molecule has 0 atom stereocenters. The highest BCUT2D eigenvalue weighted by Crippen LogP contribution is 2.35. The molecule has 1 fully saturated rings. The molecule has 1 N–H and O–H groups in total. The van der Waals surface area contributed by atoms with Crippen LogP contribution in [0.25, 0.3) is 5.57 Å². The number of anilines is 1. The normalized spacial score (nSPS) is 17.5. The van der Waals surface area contributed by atoms with Crippen molar-refractivity contribution in [3.63, 3.8) is 0 Å². The monoisotopic (exact) mass is 441 g/mol. The number of hydrogen-bond acceptors (Lipinski definition) is 6. The van der Waals surface area contributed by atoms with Crippen LogP contribution in [0.15, 0.2) is 59.1 Å². The highest BCUT2D eigenvalue weighted by Gasteiger charge is 2.38. The number of para-hydroxylation sites is 1. The SMILES string of the molecule is COc1ccccc1C1=C(Nc2cccc(S(=O)(=O)N3CCCC3)c2)C(=O)N(C)C1=O. The van der Waals surface area contributed by atoms with Crippen molar-refractivity contribution in [2.45, 2.75) is 17.7 Å². The molecule has 4 rings (SSSR count). The van der Waals surface area contributed by atoms with Crippen LogP contribution in [0.3, 0.4) is 0 Å². The van der Waals surface area contributed by atoms with Gasteiger partial charge in [0.1, 0.15) is 11.4 Å². The van der Waals surface area contributed by atoms with Crippen LogP contribution in [-0.4, -0.2) is 56.7 Å². The van der Waals surface area contributed by atoms with E-state index in [4.69, 9.17) is 4.74 Å². The third-order valence-electron chi connectivity index (χ3n) is 5.47. The van der Waals surface area contributed by atoms with Gasteiger partial charge in [0.15, 0.2) is 0 Å². The Balaban J connectivity index is 1.75. The Kier molecular flexibility index (Phi) is 5.55. The van der Waals surface area contributed by atoms with Crippen LogP contribution in [0.2, 0.25) is 0 Å². The second-order valence-corrected chi connectivity index (χ2v) is 9.32. The first-order valence-corrected chi connectivity index (χ1v) is 11.4. The van der Waals surface area contributed by atoms with Gasteiger partial charge in [-0.1, -0.05) is 24.3 Å². The molecule has 0 saturated carbocycles. The lowest BCUT2D eigenvalue weighted by molar-refractivity contribution is -0.135. The summed E-state index contributed by atoms with van der Waals surface area (Å²) in [6.07, 6.45) is 1.69. The van der Waals surface area contributed by atoms with E-state index >= 15 is 0 Å². The van der Waals surface area contributed by atoms with Crippen LogP contribution in [0.1, 0.15) is 18.4 Å². The van der Waals surface area contributed by atoms with E-state index in [1.165, 1.54) is 30.6 Å². The summed E-state index contributed by atoms with van der Waals surface area (Å²) in [7, 11) is -0.715. The fraction of sp³-hybridized carbons (Fsp3) is 0.273. The molecule has 2 aliphatic rings. The van der Waals surface area contributed by atoms with E-state index in [2.05, 4.69) is 5.32 Å². The van der Waals surface area contributed by atoms with Crippen molar-refractivity contribution in [2.75, 3.05) is 32.6 Å². The molecule has 0 aliphatic carbocycles. The molecule has 2 aromatic rings. The van der Waals surface area contributed by atoms with Gasteiger partial charge in [0, 0.05) is 31.4 Å². The van der Waals surface area contributed by atoms with Crippen LogP contribution >= 0.6 is 0 Å². The zero-order valence-electron chi connectivity index (χ0n) is 17.3. The van der Waals surface area contributed by atoms with E-state index in [1.807, 2.05) is 0 Å². The van der Waals surface area contributed by atoms with Gasteiger partial charge < -0.3 is 10.1 Å². The summed E-state index contributed by atoms with van der Waals surface area (Å²) >= 11 is 0. The maximum Gasteiger partial charge on any atom is 0.277 e. The first-order chi connectivity index (χ1) is 14.8. The zero-order chi connectivity index (χ0) is 22.2. The number of likely N-dealkylation sites (N-methyl/N-ethyl adjacent to an activating group) is 1. The minimum atomic E-state index is -3.61. The number of carbonyl (C=O) groups excluding carboxylic acids is 2. The van der Waals surface area contributed by atoms with E-state index in [9.17, 15) is 18.0 Å². The minimum absolute atomic E-state index is 0.0766. The number of nitrogens with one attached hydrogen (secondary N) is 1. The smallest absolute Gasteiger partial charge is 0.277 e. The van der Waals surface area contributed by atoms with Gasteiger partial charge in [0.25, 0.3) is 11.8 Å². The van der Waals surface area contributed by atoms with E-state index in [1.54, 1.807) is 36.4 Å². The fourth-order valence-electron chi connectivity index (χ4n) is 3.81. The lowest BCUT2D eigenvalue weighted by Gasteiger charge is -2.16. The number of methoxy groups -OCH3 is 1. The van der Waals surface area contributed by atoms with E-state index in [0.29, 0.717) is 30.1 Å². The third kappa shape index (κ3) is 3.70. The summed E-state index contributed by atoms with van der Waals surface area (Å²) in [5.74, 6) is -0.504. The van der Waals surface area contributed by atoms with Gasteiger partial charge in [-0.25, -0.2) is 8.42 Å². The highest BCUT2D eigenvalue weighted by atomic mass is 32.2. The van der Waals surface area contributed by atoms with Gasteiger partial charge >= 0.3 is 0 Å². The predicted molar refractivity (Wildman–Crippen MR) is 116 cm³/mol. The lowest BCUT2D eigenvalue weighted by Crippen LogP contribution is -2.28. The summed E-state index contributed by atoms with van der Waals surface area (Å²) in [6, 6.07) is 13.2. The van der Waals surface area contributed by atoms with Gasteiger partial charge in [0.2, 0.25) is 10.0 Å². The van der Waals surface area contributed by atoms with Gasteiger partial charge in [-0.3, -0.25) is 14.5 Å². The molecule has 2 heterocycles. The molecule has 0 bridgehead atoms. The molecule has 1 saturated heterocycles. The Labute approximate surface area is 181 Å². The second-order valence-electron chi connectivity index (χ2n) is 7.38. The molecule has 31 heavy (non-hydrogen) atoms. The number of hydrogen-bond donors (Lipinski definition) is 1. The molecule has 2 aliphatic heterocycles. The summed E-state index contributed by atoms with van der Waals surface area (Å²) in [6.45, 7) is 1.00. The van der Waals surface area contributed by atoms with Gasteiger partial charge in [-0.2, -0.15) is 4.31 Å². The minimum Gasteiger partial charge on any atom is -0.496 e. The number of amides is 2. The summed E-state index contributed by atoms with van der Waals surface area (Å²) in [4.78, 5) is 26.8. The second kappa shape index (κ2) is 8.16. The van der Waals surface area contributed by atoms with E-state index < -0.39 is 21.8 Å². The molecular weight excluding hydrogens is 418 g/mol. The molecule has 0 unspecified atom stereocenters. The standard InChI is InChI=1S/C22H23N3O5S/c1-24-21(26)19(17-10-3-4-11-18(17)30-2)20(22(24)27)23-15-8-7-9-16(14-15)31(28,29)25-12-5-6-13-25/h3-4,7-11,14,23H,5-6,12-13H2,1-2H3. The summed E-state index contributed by atoms with van der Waals surface area (Å²) in [5, 5.41) is 2.98. The highest BCUT2D eigenvalue weighted by molar-refractivity contribution is 7.89. The van der Waals surface area contributed by atoms with Crippen LogP contribution in [0, 0.1) is 0 Å². The number of ether oxygens (including phenoxy) is 1. The van der Waals surface area contributed by atoms with Crippen molar-refractivity contribution in [1.29, 1.82) is 0 Å². The predicted octanol–water partition coefficient (Wildman–Crippen LogP) is 2.30. The number of sulfonamides is 1. The van der Waals surface area contributed by atoms with Crippen molar-refractivity contribution >= 4 is 33.1 Å². The van der Waals surface area contributed by atoms with Crippen molar-refractivity contribution in [2.24, 2.45) is 0 Å². The molecule has 0 radical (unpaired) electrons. The Morgan fingerprint density at radius 3 is 2.39 bits per heavy atom. The van der Waals surface area contributed by atoms with Gasteiger partial charge in [-0.15, -0.1) is 0 Å². The van der Waals surface area contributed by atoms with Gasteiger partial charge in [-0.05, 0) is 37.1 Å². The van der Waals surface area contributed by atoms with Gasteiger partial charge in [0.05, 0.1) is 17.6 Å². The quantitative estimate of drug-likeness (QED) is 0.691. The molecule has 0 spiro atoms. The first-order valence-electron chi connectivity index (χ1n) is 9.92. The van der Waals surface area contributed by atoms with Crippen LogP contribution in [0.5, 0.6) is 5.75 Å². The Morgan fingerprint density at radius 1 is 0.968 bits per heavy atom. The Morgan fingerprint density at radius 2 is 1.68 bits per heavy atom. The Bertz CT molecular complexity index is 1180. The van der Waals surface area contributed by atoms with Crippen LogP contribution < -0.4 is 10.1 Å². The average molecular weight is 442 g/mol. The molecular formula is C22H23N3O5S. The number of nitrogens with zero attached hydrogens (tertiary/aromatic N) is 2. The van der Waals surface area contributed by atoms with E-state index in [-0.39, 0.29) is 16.2 Å². The molecule has 0 aromatic heterocycles. The summed E-state index contributed by atoms with van der Waals surface area (Å²) in [5.41, 5.74) is 1.14. The maximum absolute atomic E-state index is 12.9. The van der Waals surface area contributed by atoms with Crippen LogP contribution in [-0.2, 0) is 19.6 Å².